The Balaban J connectivity index is 3.13. The van der Waals surface area contributed by atoms with Gasteiger partial charge in [0.25, 0.3) is 5.59 Å². The Hall–Kier alpha value is 0.190. The summed E-state index contributed by atoms with van der Waals surface area (Å²) < 4.78 is 26.7. The molecule has 0 heterocycles. The lowest BCUT2D eigenvalue weighted by Gasteiger charge is -2.20. The summed E-state index contributed by atoms with van der Waals surface area (Å²) in [4.78, 5) is 26.6. The van der Waals surface area contributed by atoms with Crippen LogP contribution in [0.1, 0.15) is 0 Å². The molecule has 0 aliphatic carbocycles. The first kappa shape index (κ1) is 17.2. The summed E-state index contributed by atoms with van der Waals surface area (Å²) in [6, 6.07) is 2.25. The molecule has 2 atom stereocenters. The molecule has 0 aliphatic heterocycles. The molecule has 1 rings (SSSR count). The second-order valence-electron chi connectivity index (χ2n) is 3.26. The maximum atomic E-state index is 11.5. The number of hydrogen-bond acceptors (Lipinski definition) is 4. The summed E-state index contributed by atoms with van der Waals surface area (Å²) in [5, 5.41) is 8.62. The van der Waals surface area contributed by atoms with Gasteiger partial charge in [0, 0.05) is 0 Å². The van der Waals surface area contributed by atoms with Crippen molar-refractivity contribution in [2.75, 3.05) is 0 Å². The number of aliphatic hydroxyl groups excluding tert-OH is 1. The van der Waals surface area contributed by atoms with Crippen molar-refractivity contribution in [3.8, 4) is 5.75 Å². The highest BCUT2D eigenvalue weighted by molar-refractivity contribution is 7.71. The molecule has 0 fully saturated rings. The van der Waals surface area contributed by atoms with Gasteiger partial charge in [-0.3, -0.25) is 4.57 Å². The Morgan fingerprint density at radius 3 is 2.05 bits per heavy atom. The molecule has 1 aromatic rings. The zero-order chi connectivity index (χ0) is 15.0. The number of hydrogen-bond donors (Lipinski definition) is 4. The first-order valence-corrected chi connectivity index (χ1v) is 8.82. The summed E-state index contributed by atoms with van der Waals surface area (Å²) in [7, 11) is -10.3. The van der Waals surface area contributed by atoms with Gasteiger partial charge >= 0.3 is 15.2 Å². The van der Waals surface area contributed by atoms with Crippen LogP contribution in [0.4, 0.5) is 0 Å². The van der Waals surface area contributed by atoms with Crippen LogP contribution in [0.2, 0.25) is 15.1 Å². The first-order chi connectivity index (χ1) is 8.47. The fraction of sp³-hybridized carbons (Fsp3) is 0.143. The average molecular weight is 371 g/mol. The molecule has 4 N–H and O–H groups in total. The van der Waals surface area contributed by atoms with E-state index in [1.165, 1.54) is 6.07 Å². The minimum atomic E-state index is -5.24. The highest BCUT2D eigenvalue weighted by Crippen LogP contribution is 2.61. The molecule has 0 spiro atoms. The molecule has 0 saturated carbocycles. The lowest BCUT2D eigenvalue weighted by atomic mass is 10.3. The molecular weight excluding hydrogens is 364 g/mol. The second-order valence-corrected chi connectivity index (χ2v) is 8.30. The molecule has 2 unspecified atom stereocenters. The average Bonchev–Trinajstić information content (AvgIpc) is 2.28. The molecule has 0 saturated heterocycles. The van der Waals surface area contributed by atoms with Crippen LogP contribution < -0.4 is 4.52 Å². The second kappa shape index (κ2) is 5.90. The molecule has 0 amide bonds. The summed E-state index contributed by atoms with van der Waals surface area (Å²) >= 11 is 16.9. The van der Waals surface area contributed by atoms with E-state index in [1.807, 2.05) is 0 Å². The van der Waals surface area contributed by atoms with Gasteiger partial charge in [-0.1, -0.05) is 34.8 Å². The molecule has 1 aromatic carbocycles. The molecule has 0 aliphatic rings. The highest BCUT2D eigenvalue weighted by atomic mass is 35.5. The predicted octanol–water partition coefficient (Wildman–Crippen LogP) is 2.66. The Labute approximate surface area is 122 Å². The molecular formula is C7H7Cl3O7P2. The Kier molecular flexibility index (Phi) is 5.35. The van der Waals surface area contributed by atoms with Gasteiger partial charge in [-0.15, -0.1) is 0 Å². The third-order valence-corrected chi connectivity index (χ3v) is 6.52. The van der Waals surface area contributed by atoms with Crippen LogP contribution in [0.5, 0.6) is 5.75 Å². The van der Waals surface area contributed by atoms with E-state index >= 15 is 0 Å². The fourth-order valence-electron chi connectivity index (χ4n) is 0.957. The molecule has 19 heavy (non-hydrogen) atoms. The van der Waals surface area contributed by atoms with Gasteiger partial charge in [0.1, 0.15) is 10.8 Å². The number of aliphatic hydroxyl groups is 1. The van der Waals surface area contributed by atoms with Gasteiger partial charge < -0.3 is 24.3 Å². The molecule has 0 aromatic heterocycles. The smallest absolute Gasteiger partial charge is 0.417 e. The molecule has 12 heteroatoms. The van der Waals surface area contributed by atoms with Crippen molar-refractivity contribution in [2.45, 2.75) is 5.59 Å². The Morgan fingerprint density at radius 2 is 1.58 bits per heavy atom. The SMILES string of the molecule is O=P(O)(O)C(O)P(=O)(O)Oc1ccc(Cl)c(Cl)c1Cl. The summed E-state index contributed by atoms with van der Waals surface area (Å²) in [5.74, 6) is -0.450. The van der Waals surface area contributed by atoms with E-state index in [9.17, 15) is 14.0 Å². The molecule has 0 bridgehead atoms. The molecule has 108 valence electrons. The fourth-order valence-corrected chi connectivity index (χ4v) is 3.77. The maximum Gasteiger partial charge on any atom is 0.417 e. The third-order valence-electron chi connectivity index (χ3n) is 1.82. The van der Waals surface area contributed by atoms with Crippen molar-refractivity contribution in [3.63, 3.8) is 0 Å². The molecule has 7 nitrogen and oxygen atoms in total. The number of halogens is 3. The monoisotopic (exact) mass is 370 g/mol. The third kappa shape index (κ3) is 4.08. The van der Waals surface area contributed by atoms with E-state index in [1.54, 1.807) is 0 Å². The summed E-state index contributed by atoms with van der Waals surface area (Å²) in [6.45, 7) is 0. The van der Waals surface area contributed by atoms with Crippen LogP contribution in [0.25, 0.3) is 0 Å². The van der Waals surface area contributed by atoms with Crippen LogP contribution in [0.3, 0.4) is 0 Å². The van der Waals surface area contributed by atoms with Crippen LogP contribution in [-0.2, 0) is 9.13 Å². The van der Waals surface area contributed by atoms with Gasteiger partial charge in [0.2, 0.25) is 0 Å². The van der Waals surface area contributed by atoms with Crippen molar-refractivity contribution < 1.29 is 33.4 Å². The van der Waals surface area contributed by atoms with Crippen molar-refractivity contribution in [1.82, 2.24) is 0 Å². The normalized spacial score (nSPS) is 16.8. The zero-order valence-corrected chi connectivity index (χ0v) is 12.8. The number of benzene rings is 1. The van der Waals surface area contributed by atoms with Crippen LogP contribution >= 0.6 is 50.0 Å². The van der Waals surface area contributed by atoms with Crippen LogP contribution in [0, 0.1) is 0 Å². The van der Waals surface area contributed by atoms with Gasteiger partial charge in [-0.2, -0.15) is 0 Å². The predicted molar refractivity (Wildman–Crippen MR) is 70.0 cm³/mol. The minimum Gasteiger partial charge on any atom is -0.421 e. The standard InChI is InChI=1S/C7H7Cl3O7P2/c8-3-1-2-4(6(10)5(3)9)17-19(15,16)7(11)18(12,13)14/h1-2,7,11H,(H,15,16)(H2,12,13,14). The zero-order valence-electron chi connectivity index (χ0n) is 8.77. The topological polar surface area (TPSA) is 124 Å². The van der Waals surface area contributed by atoms with E-state index < -0.39 is 26.5 Å². The first-order valence-electron chi connectivity index (χ1n) is 4.35. The van der Waals surface area contributed by atoms with Crippen molar-refractivity contribution in [2.24, 2.45) is 0 Å². The largest absolute Gasteiger partial charge is 0.421 e. The van der Waals surface area contributed by atoms with Gasteiger partial charge in [0.05, 0.1) is 10.0 Å². The van der Waals surface area contributed by atoms with E-state index in [-0.39, 0.29) is 15.1 Å². The quantitative estimate of drug-likeness (QED) is 0.474. The van der Waals surface area contributed by atoms with Gasteiger partial charge in [-0.05, 0) is 12.1 Å². The summed E-state index contributed by atoms with van der Waals surface area (Å²) in [5.41, 5.74) is -2.90. The van der Waals surface area contributed by atoms with E-state index in [4.69, 9.17) is 49.7 Å². The minimum absolute atomic E-state index is 0.0438. The van der Waals surface area contributed by atoms with Crippen molar-refractivity contribution >= 4 is 50.0 Å². The van der Waals surface area contributed by atoms with E-state index in [2.05, 4.69) is 4.52 Å². The number of rotatable bonds is 4. The maximum absolute atomic E-state index is 11.5. The lowest BCUT2D eigenvalue weighted by Crippen LogP contribution is -2.12. The van der Waals surface area contributed by atoms with E-state index in [0.717, 1.165) is 6.07 Å². The van der Waals surface area contributed by atoms with Crippen molar-refractivity contribution in [3.05, 3.63) is 27.2 Å². The Morgan fingerprint density at radius 1 is 1.05 bits per heavy atom. The summed E-state index contributed by atoms with van der Waals surface area (Å²) in [6.07, 6.45) is 0. The van der Waals surface area contributed by atoms with Gasteiger partial charge in [-0.25, -0.2) is 4.57 Å². The highest BCUT2D eigenvalue weighted by Gasteiger charge is 2.45. The lowest BCUT2D eigenvalue weighted by molar-refractivity contribution is 0.223. The Bertz CT molecular complexity index is 586. The van der Waals surface area contributed by atoms with Crippen LogP contribution in [-0.4, -0.2) is 25.4 Å². The van der Waals surface area contributed by atoms with E-state index in [0.29, 0.717) is 0 Å². The van der Waals surface area contributed by atoms with Gasteiger partial charge in [0.15, 0.2) is 0 Å². The van der Waals surface area contributed by atoms with Crippen LogP contribution in [0.15, 0.2) is 12.1 Å². The molecule has 0 radical (unpaired) electrons. The van der Waals surface area contributed by atoms with Crippen molar-refractivity contribution in [1.29, 1.82) is 0 Å².